The maximum Gasteiger partial charge on any atom is 0.111 e. The first-order chi connectivity index (χ1) is 7.66. The summed E-state index contributed by atoms with van der Waals surface area (Å²) < 4.78 is 5.63. The van der Waals surface area contributed by atoms with E-state index in [1.807, 2.05) is 6.26 Å². The Morgan fingerprint density at radius 1 is 1.25 bits per heavy atom. The molecule has 0 saturated heterocycles. The Labute approximate surface area is 97.9 Å². The Balaban J connectivity index is 2.31. The molecule has 1 aromatic heterocycles. The van der Waals surface area contributed by atoms with E-state index in [1.54, 1.807) is 0 Å². The molecule has 0 spiro atoms. The molecular formula is C15H20O. The van der Waals surface area contributed by atoms with Crippen LogP contribution in [-0.2, 0) is 12.8 Å². The van der Waals surface area contributed by atoms with Crippen molar-refractivity contribution in [2.24, 2.45) is 0 Å². The first-order valence-corrected chi connectivity index (χ1v) is 6.05. The molecule has 1 aliphatic rings. The highest BCUT2D eigenvalue weighted by atomic mass is 16.3. The third-order valence-electron chi connectivity index (χ3n) is 3.36. The minimum absolute atomic E-state index is 0.913. The van der Waals surface area contributed by atoms with Gasteiger partial charge < -0.3 is 4.42 Å². The van der Waals surface area contributed by atoms with Gasteiger partial charge in [-0.15, -0.1) is 0 Å². The van der Waals surface area contributed by atoms with Crippen LogP contribution in [0.2, 0.25) is 0 Å². The molecule has 1 heterocycles. The van der Waals surface area contributed by atoms with E-state index in [1.165, 1.54) is 35.1 Å². The van der Waals surface area contributed by atoms with Crippen molar-refractivity contribution >= 4 is 0 Å². The van der Waals surface area contributed by atoms with Gasteiger partial charge in [-0.25, -0.2) is 0 Å². The van der Waals surface area contributed by atoms with E-state index in [2.05, 4.69) is 26.5 Å². The zero-order chi connectivity index (χ0) is 11.5. The van der Waals surface area contributed by atoms with Crippen LogP contribution < -0.4 is 0 Å². The highest BCUT2D eigenvalue weighted by Gasteiger charge is 2.12. The minimum Gasteiger partial charge on any atom is -0.468 e. The summed E-state index contributed by atoms with van der Waals surface area (Å²) in [5.74, 6) is 1.12. The Bertz CT molecular complexity index is 421. The maximum absolute atomic E-state index is 5.63. The summed E-state index contributed by atoms with van der Waals surface area (Å²) in [5.41, 5.74) is 5.42. The van der Waals surface area contributed by atoms with Crippen molar-refractivity contribution in [3.05, 3.63) is 47.0 Å². The molecule has 1 heteroatoms. The van der Waals surface area contributed by atoms with Gasteiger partial charge in [-0.2, -0.15) is 0 Å². The van der Waals surface area contributed by atoms with E-state index >= 15 is 0 Å². The predicted octanol–water partition coefficient (Wildman–Crippen LogP) is 4.36. The molecular weight excluding hydrogens is 196 g/mol. The summed E-state index contributed by atoms with van der Waals surface area (Å²) in [5, 5.41) is 0. The van der Waals surface area contributed by atoms with Gasteiger partial charge in [0.1, 0.15) is 5.76 Å². The second-order valence-electron chi connectivity index (χ2n) is 4.86. The molecule has 1 aliphatic carbocycles. The van der Waals surface area contributed by atoms with Gasteiger partial charge in [0.15, 0.2) is 0 Å². The smallest absolute Gasteiger partial charge is 0.111 e. The summed E-state index contributed by atoms with van der Waals surface area (Å²) >= 11 is 0. The van der Waals surface area contributed by atoms with Crippen LogP contribution in [0, 0.1) is 6.92 Å². The molecule has 0 atom stereocenters. The van der Waals surface area contributed by atoms with Crippen LogP contribution in [0.15, 0.2) is 34.5 Å². The molecule has 0 radical (unpaired) electrons. The molecule has 0 bridgehead atoms. The molecule has 0 saturated carbocycles. The van der Waals surface area contributed by atoms with Crippen molar-refractivity contribution in [2.75, 3.05) is 0 Å². The summed E-state index contributed by atoms with van der Waals surface area (Å²) in [7, 11) is 0. The molecule has 2 rings (SSSR count). The normalized spacial score (nSPS) is 17.9. The maximum atomic E-state index is 5.63. The van der Waals surface area contributed by atoms with Crippen LogP contribution in [0.5, 0.6) is 0 Å². The van der Waals surface area contributed by atoms with Crippen LogP contribution in [0.4, 0.5) is 0 Å². The molecule has 0 aromatic carbocycles. The number of furan rings is 1. The van der Waals surface area contributed by atoms with Crippen LogP contribution in [0.3, 0.4) is 0 Å². The summed E-state index contributed by atoms with van der Waals surface area (Å²) in [6.07, 6.45) is 9.67. The van der Waals surface area contributed by atoms with Crippen molar-refractivity contribution in [3.63, 3.8) is 0 Å². The number of allylic oxidation sites excluding steroid dienone is 3. The Hall–Kier alpha value is -1.24. The number of aryl methyl sites for hydroxylation is 1. The Morgan fingerprint density at radius 2 is 2.06 bits per heavy atom. The minimum atomic E-state index is 0.913. The van der Waals surface area contributed by atoms with Gasteiger partial charge in [-0.05, 0) is 45.1 Å². The van der Waals surface area contributed by atoms with Crippen LogP contribution in [-0.4, -0.2) is 0 Å². The molecule has 0 N–H and O–H groups in total. The molecule has 0 amide bonds. The van der Waals surface area contributed by atoms with Crippen molar-refractivity contribution < 1.29 is 4.42 Å². The third-order valence-corrected chi connectivity index (χ3v) is 3.36. The summed E-state index contributed by atoms with van der Waals surface area (Å²) in [4.78, 5) is 0. The van der Waals surface area contributed by atoms with Gasteiger partial charge in [0.2, 0.25) is 0 Å². The highest BCUT2D eigenvalue weighted by Crippen LogP contribution is 2.24. The lowest BCUT2D eigenvalue weighted by Gasteiger charge is -2.09. The third kappa shape index (κ3) is 2.46. The largest absolute Gasteiger partial charge is 0.468 e. The van der Waals surface area contributed by atoms with Crippen LogP contribution in [0.25, 0.3) is 0 Å². The molecule has 86 valence electrons. The molecule has 1 nitrogen and oxygen atoms in total. The SMILES string of the molecule is C=C1CCCC(C)=CCc2c(C)coc2C1. The van der Waals surface area contributed by atoms with Crippen molar-refractivity contribution in [2.45, 2.75) is 46.0 Å². The first kappa shape index (κ1) is 11.3. The Morgan fingerprint density at radius 3 is 2.88 bits per heavy atom. The van der Waals surface area contributed by atoms with Crippen molar-refractivity contribution in [1.29, 1.82) is 0 Å². The average Bonchev–Trinajstić information content (AvgIpc) is 2.57. The van der Waals surface area contributed by atoms with Gasteiger partial charge in [0.05, 0.1) is 6.26 Å². The summed E-state index contributed by atoms with van der Waals surface area (Å²) in [6.45, 7) is 8.49. The van der Waals surface area contributed by atoms with E-state index in [0.29, 0.717) is 0 Å². The molecule has 0 aliphatic heterocycles. The van der Waals surface area contributed by atoms with E-state index in [-0.39, 0.29) is 0 Å². The molecule has 0 fully saturated rings. The van der Waals surface area contributed by atoms with Gasteiger partial charge in [-0.1, -0.05) is 23.8 Å². The van der Waals surface area contributed by atoms with Crippen molar-refractivity contribution in [3.8, 4) is 0 Å². The van der Waals surface area contributed by atoms with Crippen LogP contribution in [0.1, 0.15) is 43.1 Å². The van der Waals surface area contributed by atoms with E-state index in [9.17, 15) is 0 Å². The second kappa shape index (κ2) is 4.73. The van der Waals surface area contributed by atoms with Gasteiger partial charge in [0.25, 0.3) is 0 Å². The number of hydrogen-bond donors (Lipinski definition) is 0. The molecule has 1 aromatic rings. The predicted molar refractivity (Wildman–Crippen MR) is 67.6 cm³/mol. The van der Waals surface area contributed by atoms with Gasteiger partial charge in [-0.3, -0.25) is 0 Å². The number of hydrogen-bond acceptors (Lipinski definition) is 1. The van der Waals surface area contributed by atoms with E-state index in [0.717, 1.165) is 25.0 Å². The lowest BCUT2D eigenvalue weighted by atomic mass is 9.96. The fourth-order valence-corrected chi connectivity index (χ4v) is 2.26. The zero-order valence-corrected chi connectivity index (χ0v) is 10.3. The second-order valence-corrected chi connectivity index (χ2v) is 4.86. The average molecular weight is 216 g/mol. The number of rotatable bonds is 0. The fraction of sp³-hybridized carbons (Fsp3) is 0.467. The topological polar surface area (TPSA) is 13.1 Å². The van der Waals surface area contributed by atoms with E-state index < -0.39 is 0 Å². The lowest BCUT2D eigenvalue weighted by molar-refractivity contribution is 0.511. The fourth-order valence-electron chi connectivity index (χ4n) is 2.26. The van der Waals surface area contributed by atoms with Crippen LogP contribution >= 0.6 is 0 Å². The van der Waals surface area contributed by atoms with Crippen molar-refractivity contribution in [1.82, 2.24) is 0 Å². The monoisotopic (exact) mass is 216 g/mol. The quantitative estimate of drug-likeness (QED) is 0.587. The highest BCUT2D eigenvalue weighted by molar-refractivity contribution is 5.32. The Kier molecular flexibility index (Phi) is 3.33. The molecule has 0 unspecified atom stereocenters. The number of fused-ring (bicyclic) bond motifs is 1. The first-order valence-electron chi connectivity index (χ1n) is 6.05. The summed E-state index contributed by atoms with van der Waals surface area (Å²) in [6, 6.07) is 0. The molecule has 16 heavy (non-hydrogen) atoms. The lowest BCUT2D eigenvalue weighted by Crippen LogP contribution is -1.96. The zero-order valence-electron chi connectivity index (χ0n) is 10.3. The van der Waals surface area contributed by atoms with Gasteiger partial charge >= 0.3 is 0 Å². The van der Waals surface area contributed by atoms with Gasteiger partial charge in [0, 0.05) is 12.0 Å². The standard InChI is InChI=1S/C15H20O/c1-11-5-4-6-12(2)9-15-14(8-7-11)13(3)10-16-15/h7,10H,2,4-6,8-9H2,1,3H3. The van der Waals surface area contributed by atoms with E-state index in [4.69, 9.17) is 4.42 Å².